The van der Waals surface area contributed by atoms with Crippen LogP contribution in [0.1, 0.15) is 60.5 Å². The molecule has 0 unspecified atom stereocenters. The quantitative estimate of drug-likeness (QED) is 0.501. The van der Waals surface area contributed by atoms with Crippen molar-refractivity contribution < 1.29 is 19.1 Å². The van der Waals surface area contributed by atoms with Gasteiger partial charge in [-0.2, -0.15) is 0 Å². The van der Waals surface area contributed by atoms with Gasteiger partial charge in [-0.15, -0.1) is 11.3 Å². The Balaban J connectivity index is 1.48. The number of amides is 2. The molecule has 2 fully saturated rings. The molecule has 2 aliphatic heterocycles. The molecule has 10 heteroatoms. The topological polar surface area (TPSA) is 96.0 Å². The number of nitrogens with one attached hydrogen (secondary N) is 2. The van der Waals surface area contributed by atoms with Crippen molar-refractivity contribution in [1.82, 2.24) is 15.2 Å². The molecule has 1 aromatic carbocycles. The summed E-state index contributed by atoms with van der Waals surface area (Å²) in [5.41, 5.74) is 2.21. The summed E-state index contributed by atoms with van der Waals surface area (Å²) in [6.45, 7) is 14.0. The highest BCUT2D eigenvalue weighted by Crippen LogP contribution is 2.28. The average Bonchev–Trinajstić information content (AvgIpc) is 3.31. The molecule has 196 valence electrons. The van der Waals surface area contributed by atoms with Crippen LogP contribution in [0.3, 0.4) is 0 Å². The highest BCUT2D eigenvalue weighted by molar-refractivity contribution is 7.14. The van der Waals surface area contributed by atoms with Crippen LogP contribution in [-0.2, 0) is 16.0 Å². The SMILES string of the molecule is CCCNC(=O)c1cc(CN2CCOCC2(C)C)ccc1NC(=O)c1csc(N2CC(OCC)C2)n1. The third kappa shape index (κ3) is 6.23. The molecule has 2 N–H and O–H groups in total. The number of morpholine rings is 1. The maximum atomic E-state index is 13.0. The number of carbonyl (C=O) groups excluding carboxylic acids is 2. The van der Waals surface area contributed by atoms with Crippen molar-refractivity contribution in [1.29, 1.82) is 0 Å². The lowest BCUT2D eigenvalue weighted by Crippen LogP contribution is -2.52. The molecule has 2 saturated heterocycles. The number of thiazole rings is 1. The number of benzene rings is 1. The van der Waals surface area contributed by atoms with E-state index in [1.165, 1.54) is 11.3 Å². The molecule has 2 aliphatic rings. The molecule has 4 rings (SSSR count). The lowest BCUT2D eigenvalue weighted by atomic mass is 10.00. The van der Waals surface area contributed by atoms with Crippen molar-refractivity contribution in [2.45, 2.75) is 52.3 Å². The lowest BCUT2D eigenvalue weighted by Gasteiger charge is -2.42. The van der Waals surface area contributed by atoms with Crippen LogP contribution in [0.15, 0.2) is 23.6 Å². The van der Waals surface area contributed by atoms with Crippen LogP contribution in [0.4, 0.5) is 10.8 Å². The van der Waals surface area contributed by atoms with Crippen molar-refractivity contribution in [2.24, 2.45) is 0 Å². The van der Waals surface area contributed by atoms with E-state index in [4.69, 9.17) is 9.47 Å². The van der Waals surface area contributed by atoms with Crippen LogP contribution in [0.25, 0.3) is 0 Å². The molecule has 0 bridgehead atoms. The van der Waals surface area contributed by atoms with E-state index in [2.05, 4.69) is 39.3 Å². The van der Waals surface area contributed by atoms with Crippen molar-refractivity contribution in [3.05, 3.63) is 40.4 Å². The Hall–Kier alpha value is -2.53. The Labute approximate surface area is 217 Å². The molecule has 1 aromatic heterocycles. The third-order valence-electron chi connectivity index (χ3n) is 6.55. The molecule has 0 atom stereocenters. The van der Waals surface area contributed by atoms with Crippen LogP contribution in [0, 0.1) is 0 Å². The fourth-order valence-corrected chi connectivity index (χ4v) is 5.19. The number of rotatable bonds is 10. The zero-order chi connectivity index (χ0) is 25.7. The van der Waals surface area contributed by atoms with E-state index in [1.54, 1.807) is 5.38 Å². The summed E-state index contributed by atoms with van der Waals surface area (Å²) >= 11 is 1.44. The Morgan fingerprint density at radius 3 is 2.78 bits per heavy atom. The van der Waals surface area contributed by atoms with Gasteiger partial charge in [-0.3, -0.25) is 14.5 Å². The summed E-state index contributed by atoms with van der Waals surface area (Å²) in [5.74, 6) is -0.525. The van der Waals surface area contributed by atoms with Crippen molar-refractivity contribution in [3.63, 3.8) is 0 Å². The first-order valence-electron chi connectivity index (χ1n) is 12.7. The highest BCUT2D eigenvalue weighted by Gasteiger charge is 2.31. The summed E-state index contributed by atoms with van der Waals surface area (Å²) in [7, 11) is 0. The van der Waals surface area contributed by atoms with Crippen LogP contribution >= 0.6 is 11.3 Å². The van der Waals surface area contributed by atoms with E-state index in [-0.39, 0.29) is 23.5 Å². The second-order valence-electron chi connectivity index (χ2n) is 9.87. The van der Waals surface area contributed by atoms with Crippen molar-refractivity contribution in [3.8, 4) is 0 Å². The van der Waals surface area contributed by atoms with Crippen LogP contribution in [0.2, 0.25) is 0 Å². The number of aromatic nitrogens is 1. The van der Waals surface area contributed by atoms with E-state index in [0.717, 1.165) is 36.8 Å². The normalized spacial score (nSPS) is 18.1. The summed E-state index contributed by atoms with van der Waals surface area (Å²) in [6, 6.07) is 5.67. The van der Waals surface area contributed by atoms with E-state index in [1.807, 2.05) is 32.0 Å². The van der Waals surface area contributed by atoms with Gasteiger partial charge in [0.1, 0.15) is 5.69 Å². The monoisotopic (exact) mass is 515 g/mol. The largest absolute Gasteiger partial charge is 0.378 e. The van der Waals surface area contributed by atoms with Gasteiger partial charge >= 0.3 is 0 Å². The molecule has 2 aromatic rings. The molecular formula is C26H37N5O4S. The van der Waals surface area contributed by atoms with Crippen LogP contribution in [-0.4, -0.2) is 79.3 Å². The van der Waals surface area contributed by atoms with Gasteiger partial charge < -0.3 is 25.0 Å². The predicted molar refractivity (Wildman–Crippen MR) is 142 cm³/mol. The zero-order valence-electron chi connectivity index (χ0n) is 21.6. The van der Waals surface area contributed by atoms with Gasteiger partial charge in [-0.05, 0) is 44.9 Å². The Bertz CT molecular complexity index is 1070. The highest BCUT2D eigenvalue weighted by atomic mass is 32.1. The molecule has 9 nitrogen and oxygen atoms in total. The molecular weight excluding hydrogens is 478 g/mol. The van der Waals surface area contributed by atoms with Gasteiger partial charge in [0, 0.05) is 50.2 Å². The number of anilines is 2. The molecule has 0 aliphatic carbocycles. The second-order valence-corrected chi connectivity index (χ2v) is 10.7. The fourth-order valence-electron chi connectivity index (χ4n) is 4.36. The minimum absolute atomic E-state index is 0.0861. The number of ether oxygens (including phenoxy) is 2. The van der Waals surface area contributed by atoms with Gasteiger partial charge in [-0.1, -0.05) is 13.0 Å². The number of hydrogen-bond acceptors (Lipinski definition) is 8. The molecule has 2 amide bonds. The Kier molecular flexibility index (Phi) is 8.61. The maximum Gasteiger partial charge on any atom is 0.275 e. The minimum atomic E-state index is -0.328. The minimum Gasteiger partial charge on any atom is -0.378 e. The first-order chi connectivity index (χ1) is 17.3. The maximum absolute atomic E-state index is 13.0. The summed E-state index contributed by atoms with van der Waals surface area (Å²) in [5, 5.41) is 8.42. The molecule has 3 heterocycles. The molecule has 0 saturated carbocycles. The van der Waals surface area contributed by atoms with Gasteiger partial charge in [0.15, 0.2) is 5.13 Å². The first-order valence-corrected chi connectivity index (χ1v) is 13.6. The number of nitrogens with zero attached hydrogens (tertiary/aromatic N) is 3. The fraction of sp³-hybridized carbons (Fsp3) is 0.577. The van der Waals surface area contributed by atoms with E-state index in [9.17, 15) is 9.59 Å². The molecule has 36 heavy (non-hydrogen) atoms. The van der Waals surface area contributed by atoms with Gasteiger partial charge in [0.2, 0.25) is 0 Å². The summed E-state index contributed by atoms with van der Waals surface area (Å²) in [4.78, 5) is 35.0. The van der Waals surface area contributed by atoms with Crippen LogP contribution < -0.4 is 15.5 Å². The van der Waals surface area contributed by atoms with Gasteiger partial charge in [0.25, 0.3) is 11.8 Å². The number of hydrogen-bond donors (Lipinski definition) is 2. The van der Waals surface area contributed by atoms with Crippen molar-refractivity contribution >= 4 is 34.0 Å². The molecule has 0 spiro atoms. The Morgan fingerprint density at radius 1 is 1.25 bits per heavy atom. The smallest absolute Gasteiger partial charge is 0.275 e. The van der Waals surface area contributed by atoms with E-state index in [0.29, 0.717) is 49.9 Å². The Morgan fingerprint density at radius 2 is 2.06 bits per heavy atom. The summed E-state index contributed by atoms with van der Waals surface area (Å²) in [6.07, 6.45) is 1.05. The third-order valence-corrected chi connectivity index (χ3v) is 7.45. The van der Waals surface area contributed by atoms with Crippen molar-refractivity contribution in [2.75, 3.05) is 56.2 Å². The predicted octanol–water partition coefficient (Wildman–Crippen LogP) is 3.37. The zero-order valence-corrected chi connectivity index (χ0v) is 22.5. The van der Waals surface area contributed by atoms with E-state index >= 15 is 0 Å². The van der Waals surface area contributed by atoms with Crippen LogP contribution in [0.5, 0.6) is 0 Å². The molecule has 0 radical (unpaired) electrons. The van der Waals surface area contributed by atoms with E-state index < -0.39 is 0 Å². The lowest BCUT2D eigenvalue weighted by molar-refractivity contribution is -0.0552. The standard InChI is InChI=1S/C26H37N5O4S/c1-5-9-27-23(32)20-12-18(13-31-10-11-34-17-26(31,3)4)7-8-21(20)28-24(33)22-16-36-25(29-22)30-14-19(15-30)35-6-2/h7-8,12,16,19H,5-6,9-11,13-15,17H2,1-4H3,(H,27,32)(H,28,33). The number of carbonyl (C=O) groups is 2. The first kappa shape index (κ1) is 26.5. The van der Waals surface area contributed by atoms with Gasteiger partial charge in [-0.25, -0.2) is 4.98 Å². The van der Waals surface area contributed by atoms with Gasteiger partial charge in [0.05, 0.1) is 30.6 Å². The average molecular weight is 516 g/mol. The summed E-state index contributed by atoms with van der Waals surface area (Å²) < 4.78 is 11.2. The second kappa shape index (κ2) is 11.7.